The molecule has 0 aliphatic carbocycles. The van der Waals surface area contributed by atoms with E-state index in [2.05, 4.69) is 5.32 Å². The topological polar surface area (TPSA) is 92.8 Å². The number of methoxy groups -OCH3 is 1. The van der Waals surface area contributed by atoms with Crippen molar-refractivity contribution in [3.05, 3.63) is 35.4 Å². The maximum atomic E-state index is 12.7. The van der Waals surface area contributed by atoms with Gasteiger partial charge in [-0.3, -0.25) is 9.59 Å². The van der Waals surface area contributed by atoms with Gasteiger partial charge in [-0.15, -0.1) is 0 Å². The molecule has 1 heterocycles. The first-order valence-electron chi connectivity index (χ1n) is 8.26. The van der Waals surface area contributed by atoms with Gasteiger partial charge in [0.1, 0.15) is 0 Å². The molecular formula is C17H24N2O5S. The quantitative estimate of drug-likeness (QED) is 0.716. The standard InChI is InChI=1S/C17H24N2O5S/c1-3-19(15-8-11-25(22,23)12-15)17(21)14-6-4-13(5-7-14)16(20)18-9-10-24-2/h4-7,15H,3,8-12H2,1-2H3,(H,18,20). The molecule has 2 amide bonds. The molecular weight excluding hydrogens is 344 g/mol. The Morgan fingerprint density at radius 2 is 1.88 bits per heavy atom. The number of nitrogens with one attached hydrogen (secondary N) is 1. The van der Waals surface area contributed by atoms with Gasteiger partial charge >= 0.3 is 0 Å². The van der Waals surface area contributed by atoms with Crippen molar-refractivity contribution in [3.63, 3.8) is 0 Å². The van der Waals surface area contributed by atoms with E-state index < -0.39 is 9.84 Å². The Kier molecular flexibility index (Phi) is 6.55. The molecule has 0 saturated carbocycles. The van der Waals surface area contributed by atoms with Crippen LogP contribution in [0.3, 0.4) is 0 Å². The number of hydrogen-bond donors (Lipinski definition) is 1. The predicted octanol–water partition coefficient (Wildman–Crippen LogP) is 0.712. The van der Waals surface area contributed by atoms with Gasteiger partial charge in [0.2, 0.25) is 0 Å². The lowest BCUT2D eigenvalue weighted by atomic mass is 10.1. The Balaban J connectivity index is 2.05. The number of sulfone groups is 1. The van der Waals surface area contributed by atoms with Crippen LogP contribution in [-0.4, -0.2) is 69.5 Å². The number of ether oxygens (including phenoxy) is 1. The minimum atomic E-state index is -3.05. The van der Waals surface area contributed by atoms with Crippen LogP contribution in [0.5, 0.6) is 0 Å². The molecule has 1 aliphatic rings. The fourth-order valence-electron chi connectivity index (χ4n) is 2.89. The Hall–Kier alpha value is -1.93. The second-order valence-corrected chi connectivity index (χ2v) is 8.20. The Labute approximate surface area is 148 Å². The van der Waals surface area contributed by atoms with E-state index in [4.69, 9.17) is 4.74 Å². The van der Waals surface area contributed by atoms with Gasteiger partial charge in [0.05, 0.1) is 18.1 Å². The van der Waals surface area contributed by atoms with Crippen molar-refractivity contribution in [2.24, 2.45) is 0 Å². The number of nitrogens with zero attached hydrogens (tertiary/aromatic N) is 1. The molecule has 1 unspecified atom stereocenters. The molecule has 25 heavy (non-hydrogen) atoms. The smallest absolute Gasteiger partial charge is 0.254 e. The van der Waals surface area contributed by atoms with Crippen molar-refractivity contribution < 1.29 is 22.7 Å². The summed E-state index contributed by atoms with van der Waals surface area (Å²) >= 11 is 0. The molecule has 1 saturated heterocycles. The predicted molar refractivity (Wildman–Crippen MR) is 94.4 cm³/mol. The minimum absolute atomic E-state index is 0.0204. The van der Waals surface area contributed by atoms with Crippen LogP contribution in [0.25, 0.3) is 0 Å². The van der Waals surface area contributed by atoms with Crippen LogP contribution in [-0.2, 0) is 14.6 Å². The minimum Gasteiger partial charge on any atom is -0.383 e. The molecule has 0 aromatic heterocycles. The highest BCUT2D eigenvalue weighted by Crippen LogP contribution is 2.20. The average molecular weight is 368 g/mol. The Bertz CT molecular complexity index is 715. The van der Waals surface area contributed by atoms with Crippen LogP contribution in [0.2, 0.25) is 0 Å². The fourth-order valence-corrected chi connectivity index (χ4v) is 4.62. The normalized spacial score (nSPS) is 18.7. The average Bonchev–Trinajstić information content (AvgIpc) is 2.95. The summed E-state index contributed by atoms with van der Waals surface area (Å²) in [5, 5.41) is 2.71. The number of hydrogen-bond acceptors (Lipinski definition) is 5. The van der Waals surface area contributed by atoms with Crippen LogP contribution in [0.15, 0.2) is 24.3 Å². The summed E-state index contributed by atoms with van der Waals surface area (Å²) in [6, 6.07) is 6.10. The summed E-state index contributed by atoms with van der Waals surface area (Å²) in [6.07, 6.45) is 0.474. The summed E-state index contributed by atoms with van der Waals surface area (Å²) in [6.45, 7) is 3.12. The van der Waals surface area contributed by atoms with E-state index in [0.29, 0.717) is 37.2 Å². The van der Waals surface area contributed by atoms with E-state index in [1.807, 2.05) is 6.92 Å². The second kappa shape index (κ2) is 8.44. The third kappa shape index (κ3) is 5.02. The van der Waals surface area contributed by atoms with Gasteiger partial charge < -0.3 is 15.0 Å². The van der Waals surface area contributed by atoms with Crippen LogP contribution in [0.4, 0.5) is 0 Å². The summed E-state index contributed by atoms with van der Waals surface area (Å²) in [5.74, 6) is -0.296. The molecule has 2 rings (SSSR count). The molecule has 1 atom stereocenters. The SMILES string of the molecule is CCN(C(=O)c1ccc(C(=O)NCCOC)cc1)C1CCS(=O)(=O)C1. The molecule has 0 bridgehead atoms. The van der Waals surface area contributed by atoms with Crippen molar-refractivity contribution in [3.8, 4) is 0 Å². The summed E-state index contributed by atoms with van der Waals surface area (Å²) in [4.78, 5) is 26.2. The van der Waals surface area contributed by atoms with E-state index in [-0.39, 0.29) is 29.4 Å². The molecule has 0 radical (unpaired) electrons. The molecule has 1 aromatic rings. The van der Waals surface area contributed by atoms with E-state index in [1.54, 1.807) is 36.3 Å². The van der Waals surface area contributed by atoms with Crippen LogP contribution in [0.1, 0.15) is 34.1 Å². The van der Waals surface area contributed by atoms with Crippen LogP contribution >= 0.6 is 0 Å². The number of carbonyl (C=O) groups is 2. The molecule has 1 N–H and O–H groups in total. The lowest BCUT2D eigenvalue weighted by Crippen LogP contribution is -2.41. The highest BCUT2D eigenvalue weighted by Gasteiger charge is 2.34. The van der Waals surface area contributed by atoms with Crippen molar-refractivity contribution in [1.82, 2.24) is 10.2 Å². The largest absolute Gasteiger partial charge is 0.383 e. The van der Waals surface area contributed by atoms with E-state index in [1.165, 1.54) is 0 Å². The van der Waals surface area contributed by atoms with Gasteiger partial charge in [-0.2, -0.15) is 0 Å². The van der Waals surface area contributed by atoms with Gasteiger partial charge in [0.15, 0.2) is 9.84 Å². The maximum Gasteiger partial charge on any atom is 0.254 e. The van der Waals surface area contributed by atoms with E-state index in [9.17, 15) is 18.0 Å². The summed E-state index contributed by atoms with van der Waals surface area (Å²) < 4.78 is 28.2. The first-order chi connectivity index (χ1) is 11.9. The van der Waals surface area contributed by atoms with Crippen molar-refractivity contribution >= 4 is 21.7 Å². The van der Waals surface area contributed by atoms with Crippen LogP contribution < -0.4 is 5.32 Å². The number of amides is 2. The molecule has 0 spiro atoms. The number of rotatable bonds is 7. The molecule has 1 aromatic carbocycles. The Morgan fingerprint density at radius 3 is 2.40 bits per heavy atom. The molecule has 8 heteroatoms. The highest BCUT2D eigenvalue weighted by atomic mass is 32.2. The van der Waals surface area contributed by atoms with Gasteiger partial charge in [-0.1, -0.05) is 0 Å². The third-order valence-electron chi connectivity index (χ3n) is 4.24. The van der Waals surface area contributed by atoms with Gasteiger partial charge in [-0.05, 0) is 37.6 Å². The molecule has 7 nitrogen and oxygen atoms in total. The van der Waals surface area contributed by atoms with Crippen molar-refractivity contribution in [2.45, 2.75) is 19.4 Å². The lowest BCUT2D eigenvalue weighted by Gasteiger charge is -2.27. The monoisotopic (exact) mass is 368 g/mol. The van der Waals surface area contributed by atoms with Gasteiger partial charge in [-0.25, -0.2) is 8.42 Å². The Morgan fingerprint density at radius 1 is 1.24 bits per heavy atom. The zero-order chi connectivity index (χ0) is 18.4. The fraction of sp³-hybridized carbons (Fsp3) is 0.529. The first kappa shape index (κ1) is 19.4. The molecule has 1 fully saturated rings. The van der Waals surface area contributed by atoms with Gasteiger partial charge in [0.25, 0.3) is 11.8 Å². The maximum absolute atomic E-state index is 12.7. The molecule has 138 valence electrons. The van der Waals surface area contributed by atoms with E-state index in [0.717, 1.165) is 0 Å². The highest BCUT2D eigenvalue weighted by molar-refractivity contribution is 7.91. The van der Waals surface area contributed by atoms with Crippen molar-refractivity contribution in [2.75, 3.05) is 38.3 Å². The molecule has 1 aliphatic heterocycles. The first-order valence-corrected chi connectivity index (χ1v) is 10.1. The number of benzene rings is 1. The summed E-state index contributed by atoms with van der Waals surface area (Å²) in [5.41, 5.74) is 0.902. The van der Waals surface area contributed by atoms with Crippen LogP contribution in [0, 0.1) is 0 Å². The third-order valence-corrected chi connectivity index (χ3v) is 5.99. The number of carbonyl (C=O) groups excluding carboxylic acids is 2. The zero-order valence-corrected chi connectivity index (χ0v) is 15.3. The van der Waals surface area contributed by atoms with Crippen molar-refractivity contribution in [1.29, 1.82) is 0 Å². The zero-order valence-electron chi connectivity index (χ0n) is 14.5. The second-order valence-electron chi connectivity index (χ2n) is 5.97. The van der Waals surface area contributed by atoms with E-state index >= 15 is 0 Å². The lowest BCUT2D eigenvalue weighted by molar-refractivity contribution is 0.0708. The van der Waals surface area contributed by atoms with Gasteiger partial charge in [0, 0.05) is 37.4 Å². The summed E-state index contributed by atoms with van der Waals surface area (Å²) in [7, 11) is -1.50.